The lowest BCUT2D eigenvalue weighted by atomic mass is 10.2. The Bertz CT molecular complexity index is 886. The van der Waals surface area contributed by atoms with Crippen LogP contribution in [0.1, 0.15) is 25.6 Å². The van der Waals surface area contributed by atoms with Crippen molar-refractivity contribution in [3.63, 3.8) is 0 Å². The number of aromatic nitrogens is 5. The molecule has 0 saturated carbocycles. The standard InChI is InChI=1S/C18H20N6O2S/c1-3-26-16-10-5-4-9-15(16)24-18(21-22-23-24)27-12-17(25)20-13(2)14-8-6-7-11-19-14/h4-11,13H,3,12H2,1-2H3,(H,20,25)/t13-/m1/s1. The first-order valence-corrected chi connectivity index (χ1v) is 9.51. The fraction of sp³-hybridized carbons (Fsp3) is 0.278. The smallest absolute Gasteiger partial charge is 0.231 e. The lowest BCUT2D eigenvalue weighted by molar-refractivity contribution is -0.119. The molecule has 3 rings (SSSR count). The molecular weight excluding hydrogens is 364 g/mol. The Hall–Kier alpha value is -2.94. The van der Waals surface area contributed by atoms with Gasteiger partial charge >= 0.3 is 0 Å². The Kier molecular flexibility index (Phi) is 6.37. The van der Waals surface area contributed by atoms with Crippen LogP contribution in [0.2, 0.25) is 0 Å². The Morgan fingerprint density at radius 3 is 2.85 bits per heavy atom. The SMILES string of the molecule is CCOc1ccccc1-n1nnnc1SCC(=O)N[C@H](C)c1ccccn1. The number of para-hydroxylation sites is 2. The molecule has 0 aliphatic rings. The van der Waals surface area contributed by atoms with E-state index in [0.29, 0.717) is 17.5 Å². The summed E-state index contributed by atoms with van der Waals surface area (Å²) in [4.78, 5) is 16.5. The predicted octanol–water partition coefficient (Wildman–Crippen LogP) is 2.43. The number of nitrogens with zero attached hydrogens (tertiary/aromatic N) is 5. The number of rotatable bonds is 8. The van der Waals surface area contributed by atoms with Gasteiger partial charge in [0.15, 0.2) is 0 Å². The molecule has 2 aromatic heterocycles. The Morgan fingerprint density at radius 2 is 2.07 bits per heavy atom. The largest absolute Gasteiger partial charge is 0.492 e. The van der Waals surface area contributed by atoms with Gasteiger partial charge in [0.25, 0.3) is 0 Å². The fourth-order valence-electron chi connectivity index (χ4n) is 2.45. The maximum atomic E-state index is 12.3. The van der Waals surface area contributed by atoms with Crippen LogP contribution in [0.15, 0.2) is 53.8 Å². The van der Waals surface area contributed by atoms with E-state index in [1.807, 2.05) is 56.3 Å². The molecule has 27 heavy (non-hydrogen) atoms. The highest BCUT2D eigenvalue weighted by molar-refractivity contribution is 7.99. The van der Waals surface area contributed by atoms with Gasteiger partial charge in [0.1, 0.15) is 11.4 Å². The molecule has 9 heteroatoms. The second-order valence-electron chi connectivity index (χ2n) is 5.61. The van der Waals surface area contributed by atoms with Crippen LogP contribution in [0.4, 0.5) is 0 Å². The number of nitrogens with one attached hydrogen (secondary N) is 1. The molecule has 0 fully saturated rings. The topological polar surface area (TPSA) is 94.8 Å². The minimum Gasteiger partial charge on any atom is -0.492 e. The number of carbonyl (C=O) groups excluding carboxylic acids is 1. The van der Waals surface area contributed by atoms with Crippen LogP contribution < -0.4 is 10.1 Å². The van der Waals surface area contributed by atoms with Gasteiger partial charge < -0.3 is 10.1 Å². The average Bonchev–Trinajstić information content (AvgIpc) is 3.16. The highest BCUT2D eigenvalue weighted by Crippen LogP contribution is 2.25. The van der Waals surface area contributed by atoms with Crippen LogP contribution in [0.3, 0.4) is 0 Å². The number of pyridine rings is 1. The van der Waals surface area contributed by atoms with Crippen molar-refractivity contribution in [3.05, 3.63) is 54.4 Å². The zero-order valence-electron chi connectivity index (χ0n) is 15.1. The summed E-state index contributed by atoms with van der Waals surface area (Å²) in [6.07, 6.45) is 1.71. The molecule has 2 heterocycles. The van der Waals surface area contributed by atoms with E-state index in [0.717, 1.165) is 11.4 Å². The highest BCUT2D eigenvalue weighted by atomic mass is 32.2. The van der Waals surface area contributed by atoms with Gasteiger partial charge in [0, 0.05) is 6.20 Å². The van der Waals surface area contributed by atoms with Crippen molar-refractivity contribution in [1.82, 2.24) is 30.5 Å². The Balaban J connectivity index is 1.65. The van der Waals surface area contributed by atoms with Crippen molar-refractivity contribution in [2.24, 2.45) is 0 Å². The van der Waals surface area contributed by atoms with Crippen LogP contribution in [-0.4, -0.2) is 43.5 Å². The van der Waals surface area contributed by atoms with Crippen LogP contribution in [-0.2, 0) is 4.79 Å². The average molecular weight is 384 g/mol. The molecule has 0 bridgehead atoms. The van der Waals surface area contributed by atoms with Gasteiger partial charge in [-0.05, 0) is 48.5 Å². The van der Waals surface area contributed by atoms with Crippen LogP contribution in [0, 0.1) is 0 Å². The molecule has 0 unspecified atom stereocenters. The van der Waals surface area contributed by atoms with E-state index in [4.69, 9.17) is 4.74 Å². The Labute approximate surface area is 161 Å². The minimum absolute atomic E-state index is 0.120. The molecule has 140 valence electrons. The third-order valence-electron chi connectivity index (χ3n) is 3.68. The first-order chi connectivity index (χ1) is 13.2. The zero-order chi connectivity index (χ0) is 19.1. The monoisotopic (exact) mass is 384 g/mol. The first kappa shape index (κ1) is 18.8. The zero-order valence-corrected chi connectivity index (χ0v) is 15.9. The molecular formula is C18H20N6O2S. The minimum atomic E-state index is -0.172. The van der Waals surface area contributed by atoms with Gasteiger partial charge in [-0.25, -0.2) is 0 Å². The van der Waals surface area contributed by atoms with Crippen molar-refractivity contribution < 1.29 is 9.53 Å². The summed E-state index contributed by atoms with van der Waals surface area (Å²) >= 11 is 1.26. The number of tetrazole rings is 1. The van der Waals surface area contributed by atoms with Crippen molar-refractivity contribution in [1.29, 1.82) is 0 Å². The molecule has 0 aliphatic heterocycles. The van der Waals surface area contributed by atoms with Crippen LogP contribution in [0.5, 0.6) is 5.75 Å². The fourth-order valence-corrected chi connectivity index (χ4v) is 3.14. The summed E-state index contributed by atoms with van der Waals surface area (Å²) in [5.41, 5.74) is 1.54. The summed E-state index contributed by atoms with van der Waals surface area (Å²) < 4.78 is 7.21. The number of amides is 1. The molecule has 8 nitrogen and oxygen atoms in total. The molecule has 3 aromatic rings. The van der Waals surface area contributed by atoms with Crippen LogP contribution in [0.25, 0.3) is 5.69 Å². The molecule has 1 aromatic carbocycles. The van der Waals surface area contributed by atoms with E-state index in [9.17, 15) is 4.79 Å². The van der Waals surface area contributed by atoms with E-state index in [2.05, 4.69) is 25.8 Å². The summed E-state index contributed by atoms with van der Waals surface area (Å²) in [5, 5.41) is 15.2. The van der Waals surface area contributed by atoms with E-state index >= 15 is 0 Å². The van der Waals surface area contributed by atoms with Crippen molar-refractivity contribution in [2.45, 2.75) is 25.0 Å². The number of thioether (sulfide) groups is 1. The third kappa shape index (κ3) is 4.82. The molecule has 0 radical (unpaired) electrons. The third-order valence-corrected chi connectivity index (χ3v) is 4.59. The first-order valence-electron chi connectivity index (χ1n) is 8.52. The molecule has 0 spiro atoms. The van der Waals surface area contributed by atoms with E-state index < -0.39 is 0 Å². The summed E-state index contributed by atoms with van der Waals surface area (Å²) in [7, 11) is 0. The van der Waals surface area contributed by atoms with E-state index in [-0.39, 0.29) is 17.7 Å². The van der Waals surface area contributed by atoms with Gasteiger partial charge in [-0.1, -0.05) is 30.0 Å². The summed E-state index contributed by atoms with van der Waals surface area (Å²) in [5.74, 6) is 0.752. The van der Waals surface area contributed by atoms with Crippen molar-refractivity contribution in [3.8, 4) is 11.4 Å². The van der Waals surface area contributed by atoms with E-state index in [1.165, 1.54) is 11.8 Å². The molecule has 1 amide bonds. The normalized spacial score (nSPS) is 11.8. The van der Waals surface area contributed by atoms with Gasteiger partial charge in [0.2, 0.25) is 11.1 Å². The summed E-state index contributed by atoms with van der Waals surface area (Å²) in [6, 6.07) is 12.9. The van der Waals surface area contributed by atoms with Gasteiger partial charge in [-0.15, -0.1) is 5.10 Å². The number of benzene rings is 1. The maximum absolute atomic E-state index is 12.3. The van der Waals surface area contributed by atoms with Crippen molar-refractivity contribution >= 4 is 17.7 Å². The number of ether oxygens (including phenoxy) is 1. The Morgan fingerprint density at radius 1 is 1.26 bits per heavy atom. The molecule has 1 N–H and O–H groups in total. The van der Waals surface area contributed by atoms with Crippen molar-refractivity contribution in [2.75, 3.05) is 12.4 Å². The van der Waals surface area contributed by atoms with Gasteiger partial charge in [-0.3, -0.25) is 9.78 Å². The van der Waals surface area contributed by atoms with Crippen LogP contribution >= 0.6 is 11.8 Å². The lowest BCUT2D eigenvalue weighted by Gasteiger charge is -2.13. The number of hydrogen-bond donors (Lipinski definition) is 1. The van der Waals surface area contributed by atoms with Gasteiger partial charge in [0.05, 0.1) is 24.1 Å². The summed E-state index contributed by atoms with van der Waals surface area (Å²) in [6.45, 7) is 4.35. The number of hydrogen-bond acceptors (Lipinski definition) is 7. The van der Waals surface area contributed by atoms with E-state index in [1.54, 1.807) is 10.9 Å². The number of carbonyl (C=O) groups is 1. The quantitative estimate of drug-likeness (QED) is 0.596. The van der Waals surface area contributed by atoms with Gasteiger partial charge in [-0.2, -0.15) is 4.68 Å². The second-order valence-corrected chi connectivity index (χ2v) is 6.55. The molecule has 0 aliphatic carbocycles. The lowest BCUT2D eigenvalue weighted by Crippen LogP contribution is -2.28. The highest BCUT2D eigenvalue weighted by Gasteiger charge is 2.16. The second kappa shape index (κ2) is 9.13. The predicted molar refractivity (Wildman–Crippen MR) is 102 cm³/mol. The molecule has 0 saturated heterocycles. The molecule has 1 atom stereocenters. The maximum Gasteiger partial charge on any atom is 0.231 e.